The van der Waals surface area contributed by atoms with Crippen LogP contribution in [0.2, 0.25) is 0 Å². The van der Waals surface area contributed by atoms with Crippen LogP contribution in [0.3, 0.4) is 0 Å². The number of carbonyl (C=O) groups is 1. The second kappa shape index (κ2) is 12.9. The van der Waals surface area contributed by atoms with Crippen LogP contribution in [0, 0.1) is 0 Å². The van der Waals surface area contributed by atoms with Crippen LogP contribution in [0.15, 0.2) is 28.8 Å². The highest BCUT2D eigenvalue weighted by Crippen LogP contribution is 2.28. The minimum Gasteiger partial charge on any atom is -0.444 e. The van der Waals surface area contributed by atoms with Crippen molar-refractivity contribution in [3.05, 3.63) is 35.7 Å². The van der Waals surface area contributed by atoms with Gasteiger partial charge in [-0.25, -0.2) is 4.79 Å². The number of piperidine rings is 1. The third kappa shape index (κ3) is 8.44. The van der Waals surface area contributed by atoms with Gasteiger partial charge in [0.15, 0.2) is 0 Å². The third-order valence-corrected chi connectivity index (χ3v) is 6.40. The molecule has 1 aliphatic rings. The zero-order valence-electron chi connectivity index (χ0n) is 21.6. The fourth-order valence-corrected chi connectivity index (χ4v) is 4.47. The summed E-state index contributed by atoms with van der Waals surface area (Å²) in [4.78, 5) is 18.9. The van der Waals surface area contributed by atoms with Crippen molar-refractivity contribution in [2.75, 3.05) is 13.1 Å². The van der Waals surface area contributed by atoms with Gasteiger partial charge in [-0.2, -0.15) is 4.98 Å². The molecule has 0 spiro atoms. The number of amides is 1. The summed E-state index contributed by atoms with van der Waals surface area (Å²) in [6.07, 6.45) is 13.4. The number of hydrogen-bond acceptors (Lipinski definition) is 5. The van der Waals surface area contributed by atoms with Gasteiger partial charge in [-0.1, -0.05) is 81.3 Å². The first-order valence-corrected chi connectivity index (χ1v) is 13.3. The Morgan fingerprint density at radius 3 is 2.41 bits per heavy atom. The lowest BCUT2D eigenvalue weighted by atomic mass is 9.98. The fraction of sp³-hybridized carbons (Fsp3) is 0.679. The Hall–Kier alpha value is -2.37. The van der Waals surface area contributed by atoms with E-state index in [1.807, 2.05) is 20.8 Å². The predicted octanol–water partition coefficient (Wildman–Crippen LogP) is 7.53. The number of aryl methyl sites for hydroxylation is 1. The molecule has 1 saturated heterocycles. The van der Waals surface area contributed by atoms with Crippen LogP contribution < -0.4 is 0 Å². The summed E-state index contributed by atoms with van der Waals surface area (Å²) in [5.74, 6) is 1.26. The smallest absolute Gasteiger partial charge is 0.410 e. The van der Waals surface area contributed by atoms with E-state index in [9.17, 15) is 4.79 Å². The molecule has 1 aliphatic heterocycles. The van der Waals surface area contributed by atoms with Crippen LogP contribution in [-0.4, -0.2) is 39.8 Å². The van der Waals surface area contributed by atoms with Crippen LogP contribution >= 0.6 is 0 Å². The highest BCUT2D eigenvalue weighted by atomic mass is 16.6. The lowest BCUT2D eigenvalue weighted by Gasteiger charge is -2.32. The van der Waals surface area contributed by atoms with Crippen molar-refractivity contribution in [2.45, 2.75) is 110 Å². The van der Waals surface area contributed by atoms with Gasteiger partial charge in [-0.3, -0.25) is 0 Å². The molecule has 0 N–H and O–H groups in total. The monoisotopic (exact) mass is 469 g/mol. The van der Waals surface area contributed by atoms with Gasteiger partial charge < -0.3 is 14.2 Å². The van der Waals surface area contributed by atoms with Crippen LogP contribution in [-0.2, 0) is 11.2 Å². The Kier molecular flexibility index (Phi) is 9.97. The Balaban J connectivity index is 1.46. The van der Waals surface area contributed by atoms with E-state index >= 15 is 0 Å². The van der Waals surface area contributed by atoms with Gasteiger partial charge in [0.2, 0.25) is 11.7 Å². The van der Waals surface area contributed by atoms with Crippen molar-refractivity contribution >= 4 is 6.09 Å². The van der Waals surface area contributed by atoms with Crippen molar-refractivity contribution in [3.63, 3.8) is 0 Å². The Morgan fingerprint density at radius 2 is 1.74 bits per heavy atom. The molecule has 1 aromatic heterocycles. The van der Waals surface area contributed by atoms with Gasteiger partial charge in [0.1, 0.15) is 5.60 Å². The van der Waals surface area contributed by atoms with Gasteiger partial charge in [-0.05, 0) is 52.0 Å². The lowest BCUT2D eigenvalue weighted by Crippen LogP contribution is -2.42. The molecule has 0 bridgehead atoms. The average Bonchev–Trinajstić information content (AvgIpc) is 3.31. The molecule has 1 aromatic carbocycles. The van der Waals surface area contributed by atoms with Crippen LogP contribution in [0.5, 0.6) is 0 Å². The van der Waals surface area contributed by atoms with Crippen LogP contribution in [0.1, 0.15) is 109 Å². The molecular formula is C28H43N3O3. The van der Waals surface area contributed by atoms with Gasteiger partial charge >= 0.3 is 6.09 Å². The number of nitrogens with zero attached hydrogens (tertiary/aromatic N) is 3. The number of hydrogen-bond donors (Lipinski definition) is 0. The van der Waals surface area contributed by atoms with Crippen molar-refractivity contribution < 1.29 is 14.1 Å². The summed E-state index contributed by atoms with van der Waals surface area (Å²) in [6, 6.07) is 8.53. The number of rotatable bonds is 11. The SMILES string of the molecule is CCCCCCCCCCc1ccc(-c2noc([C@@H]3CCCN(C(=O)OC(C)(C)C)C3)n2)cc1. The standard InChI is InChI=1S/C28H43N3O3/c1-5-6-7-8-9-10-11-12-14-22-16-18-23(19-17-22)25-29-26(34-30-25)24-15-13-20-31(21-24)27(32)33-28(2,3)4/h16-19,24H,5-15,20-21H2,1-4H3/t24-/m1/s1. The molecule has 2 heterocycles. The molecule has 3 rings (SSSR count). The third-order valence-electron chi connectivity index (χ3n) is 6.40. The van der Waals surface area contributed by atoms with E-state index in [0.717, 1.165) is 24.8 Å². The van der Waals surface area contributed by atoms with E-state index in [-0.39, 0.29) is 12.0 Å². The summed E-state index contributed by atoms with van der Waals surface area (Å²) >= 11 is 0. The first-order valence-electron chi connectivity index (χ1n) is 13.3. The topological polar surface area (TPSA) is 68.5 Å². The normalized spacial score (nSPS) is 16.6. The first kappa shape index (κ1) is 26.2. The largest absolute Gasteiger partial charge is 0.444 e. The fourth-order valence-electron chi connectivity index (χ4n) is 4.47. The molecule has 6 heteroatoms. The minimum absolute atomic E-state index is 0.0452. The van der Waals surface area contributed by atoms with E-state index in [2.05, 4.69) is 41.3 Å². The highest BCUT2D eigenvalue weighted by Gasteiger charge is 2.31. The molecule has 0 aliphatic carbocycles. The van der Waals surface area contributed by atoms with Gasteiger partial charge in [0.05, 0.1) is 5.92 Å². The summed E-state index contributed by atoms with van der Waals surface area (Å²) in [5.41, 5.74) is 1.83. The Labute approximate surface area is 205 Å². The molecule has 1 amide bonds. The van der Waals surface area contributed by atoms with E-state index < -0.39 is 5.60 Å². The molecule has 1 atom stereocenters. The van der Waals surface area contributed by atoms with Gasteiger partial charge in [-0.15, -0.1) is 0 Å². The summed E-state index contributed by atoms with van der Waals surface area (Å²) in [5, 5.41) is 4.22. The van der Waals surface area contributed by atoms with Crippen molar-refractivity contribution in [3.8, 4) is 11.4 Å². The van der Waals surface area contributed by atoms with E-state index in [1.54, 1.807) is 4.90 Å². The second-order valence-electron chi connectivity index (χ2n) is 10.6. The van der Waals surface area contributed by atoms with Crippen molar-refractivity contribution in [1.82, 2.24) is 15.0 Å². The zero-order chi connectivity index (χ0) is 24.4. The molecule has 2 aromatic rings. The molecule has 0 unspecified atom stereocenters. The summed E-state index contributed by atoms with van der Waals surface area (Å²) < 4.78 is 11.1. The maximum atomic E-state index is 12.5. The Bertz CT molecular complexity index is 870. The number of ether oxygens (including phenoxy) is 1. The maximum Gasteiger partial charge on any atom is 0.410 e. The number of carbonyl (C=O) groups excluding carboxylic acids is 1. The summed E-state index contributed by atoms with van der Waals surface area (Å²) in [7, 11) is 0. The number of likely N-dealkylation sites (tertiary alicyclic amines) is 1. The molecule has 188 valence electrons. The maximum absolute atomic E-state index is 12.5. The lowest BCUT2D eigenvalue weighted by molar-refractivity contribution is 0.0189. The van der Waals surface area contributed by atoms with E-state index in [1.165, 1.54) is 56.9 Å². The molecule has 0 radical (unpaired) electrons. The van der Waals surface area contributed by atoms with Crippen LogP contribution in [0.25, 0.3) is 11.4 Å². The molecular weight excluding hydrogens is 426 g/mol. The highest BCUT2D eigenvalue weighted by molar-refractivity contribution is 5.68. The van der Waals surface area contributed by atoms with E-state index in [0.29, 0.717) is 24.8 Å². The number of aromatic nitrogens is 2. The van der Waals surface area contributed by atoms with Gasteiger partial charge in [0, 0.05) is 18.7 Å². The molecule has 1 fully saturated rings. The molecule has 34 heavy (non-hydrogen) atoms. The zero-order valence-corrected chi connectivity index (χ0v) is 21.6. The number of benzene rings is 1. The summed E-state index contributed by atoms with van der Waals surface area (Å²) in [6.45, 7) is 9.17. The molecule has 6 nitrogen and oxygen atoms in total. The average molecular weight is 470 g/mol. The van der Waals surface area contributed by atoms with Gasteiger partial charge in [0.25, 0.3) is 0 Å². The first-order chi connectivity index (χ1) is 16.4. The van der Waals surface area contributed by atoms with Crippen molar-refractivity contribution in [1.29, 1.82) is 0 Å². The quantitative estimate of drug-likeness (QED) is 0.318. The minimum atomic E-state index is -0.498. The van der Waals surface area contributed by atoms with Crippen molar-refractivity contribution in [2.24, 2.45) is 0 Å². The second-order valence-corrected chi connectivity index (χ2v) is 10.6. The van der Waals surface area contributed by atoms with Crippen LogP contribution in [0.4, 0.5) is 4.79 Å². The predicted molar refractivity (Wildman–Crippen MR) is 136 cm³/mol. The molecule has 0 saturated carbocycles. The number of unbranched alkanes of at least 4 members (excludes halogenated alkanes) is 7. The Morgan fingerprint density at radius 1 is 1.06 bits per heavy atom. The van der Waals surface area contributed by atoms with E-state index in [4.69, 9.17) is 9.26 Å².